The van der Waals surface area contributed by atoms with Crippen molar-refractivity contribution in [1.29, 1.82) is 0 Å². The second-order valence-corrected chi connectivity index (χ2v) is 0. The summed E-state index contributed by atoms with van der Waals surface area (Å²) in [6.07, 6.45) is 0. The summed E-state index contributed by atoms with van der Waals surface area (Å²) in [4.78, 5) is 0. The van der Waals surface area contributed by atoms with Crippen LogP contribution in [0, 0.1) is 0 Å². The summed E-state index contributed by atoms with van der Waals surface area (Å²) in [5.41, 5.74) is 0. The summed E-state index contributed by atoms with van der Waals surface area (Å²) in [7, 11) is 0. The third-order valence-electron chi connectivity index (χ3n) is 0. The molecular weight excluding hydrogens is 128 g/mol. The zero-order valence-corrected chi connectivity index (χ0v) is 5.23. The number of hydrogen-bond acceptors (Lipinski definition) is 0. The van der Waals surface area contributed by atoms with Gasteiger partial charge in [0.1, 0.15) is 0 Å². The number of hydrogen-bond donors (Lipinski definition) is 0. The Morgan fingerprint density at radius 2 is 0.750 bits per heavy atom. The van der Waals surface area contributed by atoms with E-state index in [9.17, 15) is 0 Å². The Balaban J connectivity index is 0. The SMILES string of the molecule is [Li+].[O-2].[O-2].[Y+3]. The van der Waals surface area contributed by atoms with E-state index in [2.05, 4.69) is 0 Å². The van der Waals surface area contributed by atoms with Crippen LogP contribution in [0.3, 0.4) is 0 Å². The van der Waals surface area contributed by atoms with Gasteiger partial charge >= 0.3 is 51.6 Å². The summed E-state index contributed by atoms with van der Waals surface area (Å²) >= 11 is 0. The van der Waals surface area contributed by atoms with Crippen molar-refractivity contribution < 1.29 is 62.5 Å². The minimum Gasteiger partial charge on any atom is -2.00 e. The van der Waals surface area contributed by atoms with E-state index >= 15 is 0 Å². The Morgan fingerprint density at radius 3 is 0.750 bits per heavy atom. The predicted octanol–water partition coefficient (Wildman–Crippen LogP) is -3.24. The maximum Gasteiger partial charge on any atom is 3.00 e. The van der Waals surface area contributed by atoms with Crippen molar-refractivity contribution >= 4 is 0 Å². The van der Waals surface area contributed by atoms with Gasteiger partial charge in [-0.05, 0) is 0 Å². The minimum absolute atomic E-state index is 0. The van der Waals surface area contributed by atoms with Crippen molar-refractivity contribution in [2.24, 2.45) is 0 Å². The topological polar surface area (TPSA) is 57.0 Å². The Labute approximate surface area is 62.0 Å². The first kappa shape index (κ1) is 45.7. The third-order valence-corrected chi connectivity index (χ3v) is 0. The van der Waals surface area contributed by atoms with Crippen LogP contribution in [0.25, 0.3) is 0 Å². The molecule has 0 aliphatic heterocycles. The van der Waals surface area contributed by atoms with E-state index in [1.54, 1.807) is 0 Å². The summed E-state index contributed by atoms with van der Waals surface area (Å²) in [5.74, 6) is 0. The summed E-state index contributed by atoms with van der Waals surface area (Å²) in [6.45, 7) is 0. The first-order chi connectivity index (χ1) is 0. The van der Waals surface area contributed by atoms with E-state index in [-0.39, 0.29) is 62.5 Å². The fourth-order valence-electron chi connectivity index (χ4n) is 0. The molecule has 0 amide bonds. The van der Waals surface area contributed by atoms with Gasteiger partial charge in [0.25, 0.3) is 0 Å². The molecule has 0 aliphatic rings. The van der Waals surface area contributed by atoms with E-state index < -0.39 is 0 Å². The normalized spacial score (nSPS) is 0. The molecule has 0 spiro atoms. The molecule has 0 N–H and O–H groups in total. The van der Waals surface area contributed by atoms with Crippen molar-refractivity contribution in [2.75, 3.05) is 0 Å². The Morgan fingerprint density at radius 1 is 0.750 bits per heavy atom. The van der Waals surface area contributed by atoms with Gasteiger partial charge in [-0.1, -0.05) is 0 Å². The molecule has 4 heteroatoms. The van der Waals surface area contributed by atoms with E-state index in [0.29, 0.717) is 0 Å². The maximum absolute atomic E-state index is 0. The van der Waals surface area contributed by atoms with Crippen LogP contribution in [0.2, 0.25) is 0 Å². The van der Waals surface area contributed by atoms with Gasteiger partial charge in [-0.15, -0.1) is 0 Å². The zero-order valence-electron chi connectivity index (χ0n) is 2.39. The first-order valence-corrected chi connectivity index (χ1v) is 0. The molecular formula is LiO2Y. The van der Waals surface area contributed by atoms with Crippen LogP contribution in [0.4, 0.5) is 0 Å². The predicted molar refractivity (Wildman–Crippen MR) is 1.37 cm³/mol. The molecule has 0 fully saturated rings. The Bertz CT molecular complexity index is 6.00. The van der Waals surface area contributed by atoms with Gasteiger partial charge in [0.2, 0.25) is 0 Å². The molecule has 16 valence electrons. The van der Waals surface area contributed by atoms with Crippen molar-refractivity contribution in [3.63, 3.8) is 0 Å². The van der Waals surface area contributed by atoms with Crippen molar-refractivity contribution in [2.45, 2.75) is 0 Å². The van der Waals surface area contributed by atoms with E-state index in [1.807, 2.05) is 0 Å². The standard InChI is InChI=1S/Li.2O.Y/q+1;2*-2;+3. The first-order valence-electron chi connectivity index (χ1n) is 0. The van der Waals surface area contributed by atoms with Crippen LogP contribution in [0.5, 0.6) is 0 Å². The Kier molecular flexibility index (Phi) is 263. The quantitative estimate of drug-likeness (QED) is 0.308. The third kappa shape index (κ3) is 9.47. The maximum atomic E-state index is 0. The van der Waals surface area contributed by atoms with Gasteiger partial charge in [-0.25, -0.2) is 0 Å². The second-order valence-electron chi connectivity index (χ2n) is 0. The van der Waals surface area contributed by atoms with Crippen molar-refractivity contribution in [3.05, 3.63) is 0 Å². The van der Waals surface area contributed by atoms with Gasteiger partial charge in [0.15, 0.2) is 0 Å². The van der Waals surface area contributed by atoms with Crippen LogP contribution >= 0.6 is 0 Å². The van der Waals surface area contributed by atoms with Crippen LogP contribution in [0.1, 0.15) is 0 Å². The fraction of sp³-hybridized carbons (Fsp3) is 0. The van der Waals surface area contributed by atoms with Gasteiger partial charge in [0, 0.05) is 0 Å². The molecule has 4 heavy (non-hydrogen) atoms. The van der Waals surface area contributed by atoms with Crippen molar-refractivity contribution in [3.8, 4) is 0 Å². The smallest absolute Gasteiger partial charge is 2.00 e. The van der Waals surface area contributed by atoms with E-state index in [4.69, 9.17) is 0 Å². The van der Waals surface area contributed by atoms with E-state index in [0.717, 1.165) is 0 Å². The van der Waals surface area contributed by atoms with Gasteiger partial charge in [-0.3, -0.25) is 0 Å². The molecule has 0 aromatic heterocycles. The van der Waals surface area contributed by atoms with Crippen LogP contribution < -0.4 is 18.9 Å². The minimum atomic E-state index is 0. The van der Waals surface area contributed by atoms with Crippen LogP contribution in [0.15, 0.2) is 0 Å². The average molecular weight is 128 g/mol. The largest absolute Gasteiger partial charge is 3.00 e. The second kappa shape index (κ2) is 23.1. The zero-order chi connectivity index (χ0) is 0. The summed E-state index contributed by atoms with van der Waals surface area (Å²) < 4.78 is 0. The molecule has 0 radical (unpaired) electrons. The number of rotatable bonds is 0. The van der Waals surface area contributed by atoms with Gasteiger partial charge in [-0.2, -0.15) is 0 Å². The van der Waals surface area contributed by atoms with Crippen LogP contribution in [-0.4, -0.2) is 0 Å². The molecule has 0 aliphatic carbocycles. The molecule has 0 atom stereocenters. The molecule has 0 heterocycles. The fourth-order valence-corrected chi connectivity index (χ4v) is 0. The molecule has 0 bridgehead atoms. The monoisotopic (exact) mass is 128 g/mol. The molecule has 2 nitrogen and oxygen atoms in total. The van der Waals surface area contributed by atoms with Crippen molar-refractivity contribution in [1.82, 2.24) is 0 Å². The van der Waals surface area contributed by atoms with Gasteiger partial charge in [0.05, 0.1) is 0 Å². The molecule has 0 aromatic rings. The molecule has 0 rings (SSSR count). The van der Waals surface area contributed by atoms with Crippen LogP contribution in [-0.2, 0) is 43.7 Å². The van der Waals surface area contributed by atoms with E-state index in [1.165, 1.54) is 0 Å². The Hall–Kier alpha value is 1.62. The average Bonchev–Trinajstić information content (AvgIpc) is 0. The molecule has 0 saturated heterocycles. The molecule has 0 aromatic carbocycles. The van der Waals surface area contributed by atoms with Gasteiger partial charge < -0.3 is 11.0 Å². The molecule has 0 unspecified atom stereocenters. The summed E-state index contributed by atoms with van der Waals surface area (Å²) in [6, 6.07) is 0. The molecule has 0 saturated carbocycles. The summed E-state index contributed by atoms with van der Waals surface area (Å²) in [5, 5.41) is 0.